The number of ether oxygens (including phenoxy) is 1. The van der Waals surface area contributed by atoms with E-state index in [-0.39, 0.29) is 23.9 Å². The molecule has 0 atom stereocenters. The molecule has 6 nitrogen and oxygen atoms in total. The minimum Gasteiger partial charge on any atom is -0.497 e. The molecule has 7 heteroatoms. The van der Waals surface area contributed by atoms with E-state index in [9.17, 15) is 13.2 Å². The zero-order chi connectivity index (χ0) is 21.8. The zero-order valence-corrected chi connectivity index (χ0v) is 18.1. The minimum atomic E-state index is -3.90. The number of anilines is 1. The molecule has 0 aliphatic carbocycles. The van der Waals surface area contributed by atoms with E-state index in [0.717, 1.165) is 23.2 Å². The van der Waals surface area contributed by atoms with Gasteiger partial charge in [0.25, 0.3) is 0 Å². The van der Waals surface area contributed by atoms with Crippen LogP contribution in [0.2, 0.25) is 0 Å². The zero-order valence-electron chi connectivity index (χ0n) is 17.3. The van der Waals surface area contributed by atoms with Crippen molar-refractivity contribution in [3.8, 4) is 5.75 Å². The Morgan fingerprint density at radius 1 is 0.968 bits per heavy atom. The van der Waals surface area contributed by atoms with Crippen LogP contribution in [-0.2, 0) is 27.8 Å². The number of sulfonamides is 1. The predicted octanol–water partition coefficient (Wildman–Crippen LogP) is 3.48. The molecule has 0 spiro atoms. The fourth-order valence-electron chi connectivity index (χ4n) is 3.74. The summed E-state index contributed by atoms with van der Waals surface area (Å²) in [6.45, 7) is 0.425. The van der Waals surface area contributed by atoms with Crippen molar-refractivity contribution in [1.82, 2.24) is 4.31 Å². The lowest BCUT2D eigenvalue weighted by Gasteiger charge is -2.25. The summed E-state index contributed by atoms with van der Waals surface area (Å²) in [7, 11) is -2.37. The summed E-state index contributed by atoms with van der Waals surface area (Å²) < 4.78 is 33.3. The predicted molar refractivity (Wildman–Crippen MR) is 120 cm³/mol. The summed E-state index contributed by atoms with van der Waals surface area (Å²) in [6.07, 6.45) is 0.770. The van der Waals surface area contributed by atoms with Crippen molar-refractivity contribution in [2.75, 3.05) is 25.1 Å². The van der Waals surface area contributed by atoms with Crippen LogP contribution in [0.1, 0.15) is 11.1 Å². The molecule has 160 valence electrons. The number of carbonyl (C=O) groups excluding carboxylic acids is 1. The third-order valence-corrected chi connectivity index (χ3v) is 7.20. The maximum absolute atomic E-state index is 13.4. The molecule has 1 heterocycles. The van der Waals surface area contributed by atoms with E-state index in [0.29, 0.717) is 12.3 Å². The van der Waals surface area contributed by atoms with Crippen molar-refractivity contribution < 1.29 is 17.9 Å². The molecule has 1 aliphatic rings. The van der Waals surface area contributed by atoms with Crippen LogP contribution in [0.25, 0.3) is 0 Å². The molecule has 0 radical (unpaired) electrons. The Kier molecular flexibility index (Phi) is 6.06. The van der Waals surface area contributed by atoms with Crippen molar-refractivity contribution in [3.05, 3.63) is 90.0 Å². The van der Waals surface area contributed by atoms with Gasteiger partial charge in [-0.05, 0) is 47.9 Å². The van der Waals surface area contributed by atoms with Gasteiger partial charge in [-0.25, -0.2) is 8.42 Å². The Hall–Kier alpha value is -3.16. The number of carbonyl (C=O) groups is 1. The van der Waals surface area contributed by atoms with Gasteiger partial charge >= 0.3 is 0 Å². The lowest BCUT2D eigenvalue weighted by atomic mass is 10.2. The highest BCUT2D eigenvalue weighted by Crippen LogP contribution is 2.28. The molecule has 0 bridgehead atoms. The van der Waals surface area contributed by atoms with Gasteiger partial charge < -0.3 is 9.64 Å². The van der Waals surface area contributed by atoms with Gasteiger partial charge in [-0.1, -0.05) is 48.5 Å². The number of para-hydroxylation sites is 1. The molecule has 1 aliphatic heterocycles. The molecule has 4 rings (SSSR count). The number of methoxy groups -OCH3 is 1. The Morgan fingerprint density at radius 3 is 2.35 bits per heavy atom. The van der Waals surface area contributed by atoms with Gasteiger partial charge in [0.1, 0.15) is 5.75 Å². The standard InChI is InChI=1S/C24H24N2O4S/c1-30-21-11-13-22(14-12-21)31(28,29)25(17-19-7-3-2-4-8-19)18-24(27)26-16-15-20-9-5-6-10-23(20)26/h2-14H,15-18H2,1H3. The monoisotopic (exact) mass is 436 g/mol. The second-order valence-electron chi connectivity index (χ2n) is 7.36. The fraction of sp³-hybridized carbons (Fsp3) is 0.208. The number of nitrogens with zero attached hydrogens (tertiary/aromatic N) is 2. The Balaban J connectivity index is 1.63. The smallest absolute Gasteiger partial charge is 0.243 e. The molecule has 31 heavy (non-hydrogen) atoms. The van der Waals surface area contributed by atoms with Crippen LogP contribution in [0.15, 0.2) is 83.8 Å². The first kappa shape index (κ1) is 21.1. The van der Waals surface area contributed by atoms with Crippen LogP contribution in [0.5, 0.6) is 5.75 Å². The number of rotatable bonds is 7. The Bertz CT molecular complexity index is 1160. The maximum Gasteiger partial charge on any atom is 0.243 e. The van der Waals surface area contributed by atoms with Gasteiger partial charge in [0, 0.05) is 18.8 Å². The summed E-state index contributed by atoms with van der Waals surface area (Å²) >= 11 is 0. The number of hydrogen-bond donors (Lipinski definition) is 0. The van der Waals surface area contributed by atoms with Gasteiger partial charge in [0.2, 0.25) is 15.9 Å². The van der Waals surface area contributed by atoms with Crippen LogP contribution in [0, 0.1) is 0 Å². The van der Waals surface area contributed by atoms with Gasteiger partial charge in [0.15, 0.2) is 0 Å². The van der Waals surface area contributed by atoms with Crippen molar-refractivity contribution >= 4 is 21.6 Å². The van der Waals surface area contributed by atoms with Gasteiger partial charge in [-0.2, -0.15) is 4.31 Å². The largest absolute Gasteiger partial charge is 0.497 e. The molecule has 0 saturated heterocycles. The molecule has 0 N–H and O–H groups in total. The van der Waals surface area contributed by atoms with Gasteiger partial charge in [-0.15, -0.1) is 0 Å². The average molecular weight is 437 g/mol. The highest BCUT2D eigenvalue weighted by molar-refractivity contribution is 7.89. The number of benzene rings is 3. The Labute approximate surface area is 182 Å². The third kappa shape index (κ3) is 4.47. The van der Waals surface area contributed by atoms with Crippen LogP contribution in [0.3, 0.4) is 0 Å². The summed E-state index contributed by atoms with van der Waals surface area (Å²) in [6, 6.07) is 23.2. The summed E-state index contributed by atoms with van der Waals surface area (Å²) in [5.41, 5.74) is 2.77. The second kappa shape index (κ2) is 8.91. The normalized spacial score (nSPS) is 13.3. The van der Waals surface area contributed by atoms with E-state index in [2.05, 4.69) is 0 Å². The summed E-state index contributed by atoms with van der Waals surface area (Å²) in [4.78, 5) is 15.0. The molecule has 3 aromatic carbocycles. The number of fused-ring (bicyclic) bond motifs is 1. The summed E-state index contributed by atoms with van der Waals surface area (Å²) in [5, 5.41) is 0. The molecule has 0 fully saturated rings. The molecule has 0 saturated carbocycles. The van der Waals surface area contributed by atoms with Crippen LogP contribution < -0.4 is 9.64 Å². The third-order valence-electron chi connectivity index (χ3n) is 5.40. The topological polar surface area (TPSA) is 66.9 Å². The summed E-state index contributed by atoms with van der Waals surface area (Å²) in [5.74, 6) is 0.330. The fourth-order valence-corrected chi connectivity index (χ4v) is 5.12. The van der Waals surface area contributed by atoms with Crippen LogP contribution >= 0.6 is 0 Å². The van der Waals surface area contributed by atoms with E-state index >= 15 is 0 Å². The van der Waals surface area contributed by atoms with E-state index in [1.165, 1.54) is 23.5 Å². The first-order valence-corrected chi connectivity index (χ1v) is 11.5. The highest BCUT2D eigenvalue weighted by Gasteiger charge is 2.31. The van der Waals surface area contributed by atoms with Crippen LogP contribution in [0.4, 0.5) is 5.69 Å². The van der Waals surface area contributed by atoms with E-state index < -0.39 is 10.0 Å². The lowest BCUT2D eigenvalue weighted by molar-refractivity contribution is -0.118. The van der Waals surface area contributed by atoms with E-state index in [1.807, 2.05) is 54.6 Å². The first-order valence-electron chi connectivity index (χ1n) is 10.1. The van der Waals surface area contributed by atoms with Crippen molar-refractivity contribution in [3.63, 3.8) is 0 Å². The van der Waals surface area contributed by atoms with E-state index in [4.69, 9.17) is 4.74 Å². The lowest BCUT2D eigenvalue weighted by Crippen LogP contribution is -2.42. The highest BCUT2D eigenvalue weighted by atomic mass is 32.2. The Morgan fingerprint density at radius 2 is 1.65 bits per heavy atom. The average Bonchev–Trinajstić information content (AvgIpc) is 3.23. The van der Waals surface area contributed by atoms with Crippen LogP contribution in [-0.4, -0.2) is 38.8 Å². The number of amides is 1. The SMILES string of the molecule is COc1ccc(S(=O)(=O)N(CC(=O)N2CCc3ccccc32)Cc2ccccc2)cc1. The van der Waals surface area contributed by atoms with Gasteiger partial charge in [0.05, 0.1) is 18.6 Å². The molecule has 0 aromatic heterocycles. The minimum absolute atomic E-state index is 0.108. The van der Waals surface area contributed by atoms with Crippen molar-refractivity contribution in [2.24, 2.45) is 0 Å². The maximum atomic E-state index is 13.4. The van der Waals surface area contributed by atoms with Crippen molar-refractivity contribution in [2.45, 2.75) is 17.9 Å². The first-order chi connectivity index (χ1) is 15.0. The quantitative estimate of drug-likeness (QED) is 0.569. The number of hydrogen-bond acceptors (Lipinski definition) is 4. The molecular formula is C24H24N2O4S. The molecular weight excluding hydrogens is 412 g/mol. The van der Waals surface area contributed by atoms with E-state index in [1.54, 1.807) is 17.0 Å². The molecule has 3 aromatic rings. The second-order valence-corrected chi connectivity index (χ2v) is 9.30. The van der Waals surface area contributed by atoms with Crippen molar-refractivity contribution in [1.29, 1.82) is 0 Å². The molecule has 0 unspecified atom stereocenters. The molecule has 1 amide bonds. The van der Waals surface area contributed by atoms with Gasteiger partial charge in [-0.3, -0.25) is 4.79 Å².